The summed E-state index contributed by atoms with van der Waals surface area (Å²) in [5.74, 6) is -0.770. The number of aromatic nitrogens is 1. The molecule has 37 heavy (non-hydrogen) atoms. The van der Waals surface area contributed by atoms with E-state index in [0.717, 1.165) is 57.7 Å². The van der Waals surface area contributed by atoms with Crippen molar-refractivity contribution in [1.82, 2.24) is 13.6 Å². The van der Waals surface area contributed by atoms with E-state index in [1.807, 2.05) is 35.0 Å². The predicted molar refractivity (Wildman–Crippen MR) is 143 cm³/mol. The summed E-state index contributed by atoms with van der Waals surface area (Å²) in [5, 5.41) is 1.01. The third kappa shape index (κ3) is 4.57. The van der Waals surface area contributed by atoms with Crippen LogP contribution in [0.4, 0.5) is 0 Å². The van der Waals surface area contributed by atoms with Gasteiger partial charge in [0.1, 0.15) is 0 Å². The second kappa shape index (κ2) is 9.79. The van der Waals surface area contributed by atoms with E-state index in [4.69, 9.17) is 4.74 Å². The number of esters is 1. The molecule has 0 radical (unpaired) electrons. The van der Waals surface area contributed by atoms with E-state index >= 15 is 0 Å². The van der Waals surface area contributed by atoms with E-state index in [1.165, 1.54) is 33.2 Å². The van der Waals surface area contributed by atoms with Gasteiger partial charge in [0.25, 0.3) is 5.91 Å². The number of fused-ring (bicyclic) bond motifs is 5. The number of ether oxygens (including phenoxy) is 1. The summed E-state index contributed by atoms with van der Waals surface area (Å²) < 4.78 is 34.7. The molecular formula is C28H31N3O5S. The molecule has 2 aromatic carbocycles. The molecule has 0 bridgehead atoms. The third-order valence-electron chi connectivity index (χ3n) is 7.41. The highest BCUT2D eigenvalue weighted by Crippen LogP contribution is 2.46. The van der Waals surface area contributed by atoms with Crippen LogP contribution in [-0.2, 0) is 26.2 Å². The maximum atomic E-state index is 13.0. The van der Waals surface area contributed by atoms with Crippen molar-refractivity contribution in [3.63, 3.8) is 0 Å². The first-order valence-corrected chi connectivity index (χ1v) is 13.9. The van der Waals surface area contributed by atoms with Crippen LogP contribution in [-0.4, -0.2) is 50.4 Å². The molecule has 2 aliphatic rings. The lowest BCUT2D eigenvalue weighted by molar-refractivity contribution is -0.136. The quantitative estimate of drug-likeness (QED) is 0.500. The maximum absolute atomic E-state index is 13.0. The van der Waals surface area contributed by atoms with Crippen molar-refractivity contribution in [2.75, 3.05) is 21.2 Å². The molecule has 0 spiro atoms. The molecule has 2 heterocycles. The number of nitrogens with one attached hydrogen (secondary N) is 1. The summed E-state index contributed by atoms with van der Waals surface area (Å²) in [6.07, 6.45) is 7.93. The van der Waals surface area contributed by atoms with E-state index in [9.17, 15) is 18.0 Å². The molecule has 1 saturated carbocycles. The molecule has 3 aromatic rings. The van der Waals surface area contributed by atoms with Crippen molar-refractivity contribution in [2.24, 2.45) is 0 Å². The molecule has 1 aliphatic carbocycles. The Hall–Kier alpha value is -3.43. The van der Waals surface area contributed by atoms with Crippen molar-refractivity contribution in [1.29, 1.82) is 0 Å². The normalized spacial score (nSPS) is 16.1. The van der Waals surface area contributed by atoms with E-state index in [1.54, 1.807) is 12.1 Å². The van der Waals surface area contributed by atoms with Crippen LogP contribution in [0.2, 0.25) is 0 Å². The van der Waals surface area contributed by atoms with Crippen molar-refractivity contribution in [2.45, 2.75) is 44.4 Å². The van der Waals surface area contributed by atoms with Gasteiger partial charge in [-0.05, 0) is 42.0 Å². The Balaban J connectivity index is 1.78. The second-order valence-electron chi connectivity index (χ2n) is 9.90. The maximum Gasteiger partial charge on any atom is 0.335 e. The van der Waals surface area contributed by atoms with E-state index in [0.29, 0.717) is 17.9 Å². The lowest BCUT2D eigenvalue weighted by Gasteiger charge is -2.23. The van der Waals surface area contributed by atoms with Crippen molar-refractivity contribution in [3.8, 4) is 11.3 Å². The summed E-state index contributed by atoms with van der Waals surface area (Å²) in [6, 6.07) is 13.4. The predicted octanol–water partition coefficient (Wildman–Crippen LogP) is 4.46. The van der Waals surface area contributed by atoms with Crippen LogP contribution in [0.3, 0.4) is 0 Å². The Morgan fingerprint density at radius 2 is 1.78 bits per heavy atom. The molecule has 5 rings (SSSR count). The molecule has 1 aliphatic heterocycles. The van der Waals surface area contributed by atoms with Gasteiger partial charge in [-0.1, -0.05) is 49.6 Å². The first kappa shape index (κ1) is 25.2. The Bertz CT molecular complexity index is 1530. The average Bonchev–Trinajstić information content (AvgIpc) is 3.10. The number of methoxy groups -OCH3 is 1. The van der Waals surface area contributed by atoms with Gasteiger partial charge >= 0.3 is 16.2 Å². The lowest BCUT2D eigenvalue weighted by atomic mass is 9.81. The number of hydrogen-bond donors (Lipinski definition) is 1. The largest absolute Gasteiger partial charge is 0.466 e. The molecule has 1 amide bonds. The molecule has 0 saturated heterocycles. The molecule has 1 fully saturated rings. The van der Waals surface area contributed by atoms with Gasteiger partial charge in [-0.3, -0.25) is 4.79 Å². The minimum Gasteiger partial charge on any atom is -0.466 e. The van der Waals surface area contributed by atoms with Crippen LogP contribution in [0.5, 0.6) is 0 Å². The zero-order valence-corrected chi connectivity index (χ0v) is 22.1. The molecule has 9 heteroatoms. The molecule has 0 atom stereocenters. The van der Waals surface area contributed by atoms with Crippen LogP contribution in [0.1, 0.15) is 59.5 Å². The van der Waals surface area contributed by atoms with Crippen molar-refractivity contribution in [3.05, 3.63) is 64.7 Å². The third-order valence-corrected chi connectivity index (χ3v) is 8.81. The van der Waals surface area contributed by atoms with E-state index in [-0.39, 0.29) is 5.56 Å². The Morgan fingerprint density at radius 1 is 1.05 bits per heavy atom. The summed E-state index contributed by atoms with van der Waals surface area (Å²) in [7, 11) is 0.147. The number of benzene rings is 2. The first-order valence-electron chi connectivity index (χ1n) is 12.5. The average molecular weight is 522 g/mol. The fourth-order valence-corrected chi connectivity index (χ4v) is 6.06. The minimum atomic E-state index is -3.94. The summed E-state index contributed by atoms with van der Waals surface area (Å²) in [5.41, 5.74) is 5.81. The van der Waals surface area contributed by atoms with Gasteiger partial charge in [0, 0.05) is 43.2 Å². The van der Waals surface area contributed by atoms with Crippen LogP contribution < -0.4 is 4.72 Å². The standard InChI is InChI=1S/C28H31N3O5S/c1-30(2)37(34,35)29-27(32)20-13-14-23-24(16-20)31-17-21(28(33)36-3)15-19-11-7-8-12-22(19)26(31)25(23)18-9-5-4-6-10-18/h7-8,11-14,16-18H,4-6,9-10,15H2,1-3H3,(H,29,32). The van der Waals surface area contributed by atoms with Crippen LogP contribution >= 0.6 is 0 Å². The van der Waals surface area contributed by atoms with Crippen molar-refractivity contribution >= 4 is 39.2 Å². The van der Waals surface area contributed by atoms with Crippen LogP contribution in [0.25, 0.3) is 28.4 Å². The Morgan fingerprint density at radius 3 is 2.49 bits per heavy atom. The number of hydrogen-bond acceptors (Lipinski definition) is 5. The molecule has 1 N–H and O–H groups in total. The zero-order valence-electron chi connectivity index (χ0n) is 21.3. The molecule has 1 aromatic heterocycles. The molecule has 8 nitrogen and oxygen atoms in total. The topological polar surface area (TPSA) is 97.7 Å². The van der Waals surface area contributed by atoms with Gasteiger partial charge in [-0.15, -0.1) is 0 Å². The fourth-order valence-electron chi connectivity index (χ4n) is 5.53. The van der Waals surface area contributed by atoms with Crippen LogP contribution in [0.15, 0.2) is 48.0 Å². The summed E-state index contributed by atoms with van der Waals surface area (Å²) in [6.45, 7) is 0. The monoisotopic (exact) mass is 521 g/mol. The number of amides is 1. The minimum absolute atomic E-state index is 0.221. The molecule has 0 unspecified atom stereocenters. The highest BCUT2D eigenvalue weighted by molar-refractivity contribution is 7.87. The summed E-state index contributed by atoms with van der Waals surface area (Å²) >= 11 is 0. The fraction of sp³-hybridized carbons (Fsp3) is 0.357. The highest BCUT2D eigenvalue weighted by Gasteiger charge is 2.30. The van der Waals surface area contributed by atoms with Crippen molar-refractivity contribution < 1.29 is 22.7 Å². The highest BCUT2D eigenvalue weighted by atomic mass is 32.2. The smallest absolute Gasteiger partial charge is 0.335 e. The van der Waals surface area contributed by atoms with Gasteiger partial charge in [-0.2, -0.15) is 12.7 Å². The number of carbonyl (C=O) groups excluding carboxylic acids is 2. The van der Waals surface area contributed by atoms with Gasteiger partial charge in [0.15, 0.2) is 0 Å². The summed E-state index contributed by atoms with van der Waals surface area (Å²) in [4.78, 5) is 25.7. The Kier molecular flexibility index (Phi) is 6.68. The first-order chi connectivity index (χ1) is 17.7. The second-order valence-corrected chi connectivity index (χ2v) is 11.8. The van der Waals surface area contributed by atoms with Gasteiger partial charge in [-0.25, -0.2) is 9.52 Å². The van der Waals surface area contributed by atoms with Gasteiger partial charge < -0.3 is 9.30 Å². The zero-order chi connectivity index (χ0) is 26.3. The molecular weight excluding hydrogens is 490 g/mol. The number of nitrogens with zero attached hydrogens (tertiary/aromatic N) is 2. The Labute approximate surface area is 217 Å². The lowest BCUT2D eigenvalue weighted by Crippen LogP contribution is -2.39. The SMILES string of the molecule is COC(=O)C1=Cn2c(c(C3CCCCC3)c3ccc(C(=O)NS(=O)(=O)N(C)C)cc32)-c2ccccc2C1. The van der Waals surface area contributed by atoms with Gasteiger partial charge in [0.2, 0.25) is 0 Å². The van der Waals surface area contributed by atoms with Gasteiger partial charge in [0.05, 0.1) is 23.9 Å². The number of rotatable bonds is 5. The molecule has 194 valence electrons. The van der Waals surface area contributed by atoms with E-state index < -0.39 is 22.1 Å². The number of carbonyl (C=O) groups is 2. The van der Waals surface area contributed by atoms with E-state index in [2.05, 4.69) is 10.8 Å². The van der Waals surface area contributed by atoms with Crippen LogP contribution in [0, 0.1) is 0 Å².